The van der Waals surface area contributed by atoms with Crippen LogP contribution in [0.15, 0.2) is 38.3 Å². The molecule has 31 heavy (non-hydrogen) atoms. The highest BCUT2D eigenvalue weighted by Crippen LogP contribution is 2.27. The quantitative estimate of drug-likeness (QED) is 0.515. The molecule has 0 saturated heterocycles. The summed E-state index contributed by atoms with van der Waals surface area (Å²) >= 11 is 1.54. The number of hydrogen-bond acceptors (Lipinski definition) is 7. The molecule has 2 aromatic heterocycles. The molecule has 166 valence electrons. The average molecular weight is 463 g/mol. The summed E-state index contributed by atoms with van der Waals surface area (Å²) in [6.45, 7) is 8.04. The first-order valence-electron chi connectivity index (χ1n) is 10.0. The lowest BCUT2D eigenvalue weighted by Gasteiger charge is -2.20. The van der Waals surface area contributed by atoms with Crippen molar-refractivity contribution in [3.8, 4) is 11.5 Å². The fourth-order valence-corrected chi connectivity index (χ4v) is 5.31. The Morgan fingerprint density at radius 2 is 1.94 bits per heavy atom. The molecule has 3 aromatic rings. The molecule has 1 amide bonds. The monoisotopic (exact) mass is 462 g/mol. The number of rotatable bonds is 9. The summed E-state index contributed by atoms with van der Waals surface area (Å²) in [5.41, 5.74) is 2.95. The van der Waals surface area contributed by atoms with E-state index in [2.05, 4.69) is 15.5 Å². The summed E-state index contributed by atoms with van der Waals surface area (Å²) < 4.78 is 32.8. The zero-order chi connectivity index (χ0) is 22.6. The van der Waals surface area contributed by atoms with Crippen molar-refractivity contribution < 1.29 is 17.6 Å². The number of carbonyl (C=O) groups is 1. The van der Waals surface area contributed by atoms with E-state index < -0.39 is 10.0 Å². The number of benzene rings is 1. The van der Waals surface area contributed by atoms with Crippen LogP contribution >= 0.6 is 11.3 Å². The Morgan fingerprint density at radius 3 is 2.58 bits per heavy atom. The minimum atomic E-state index is -3.62. The third-order valence-electron chi connectivity index (χ3n) is 5.06. The molecular weight excluding hydrogens is 436 g/mol. The standard InChI is InChI=1S/C21H26N4O4S2/c1-5-25(6-2)31(27,28)17-11-14(3)15(4)18(12-17)22-19(26)7-8-20-23-24-21(29-20)16-9-10-30-13-16/h9-13H,5-8H2,1-4H3,(H,22,26). The second-order valence-electron chi connectivity index (χ2n) is 7.06. The van der Waals surface area contributed by atoms with Gasteiger partial charge in [0.05, 0.1) is 4.90 Å². The maximum atomic E-state index is 12.9. The predicted octanol–water partition coefficient (Wildman–Crippen LogP) is 4.02. The summed E-state index contributed by atoms with van der Waals surface area (Å²) in [4.78, 5) is 12.7. The summed E-state index contributed by atoms with van der Waals surface area (Å²) in [5.74, 6) is 0.551. The maximum absolute atomic E-state index is 12.9. The largest absolute Gasteiger partial charge is 0.421 e. The van der Waals surface area contributed by atoms with Gasteiger partial charge in [0, 0.05) is 42.6 Å². The molecule has 0 aliphatic carbocycles. The van der Waals surface area contributed by atoms with Crippen LogP contribution in [0.1, 0.15) is 37.3 Å². The molecule has 2 heterocycles. The highest BCUT2D eigenvalue weighted by atomic mass is 32.2. The highest BCUT2D eigenvalue weighted by molar-refractivity contribution is 7.89. The predicted molar refractivity (Wildman–Crippen MR) is 121 cm³/mol. The molecule has 0 radical (unpaired) electrons. The maximum Gasteiger partial charge on any atom is 0.248 e. The van der Waals surface area contributed by atoms with Crippen LogP contribution in [0, 0.1) is 13.8 Å². The van der Waals surface area contributed by atoms with Gasteiger partial charge < -0.3 is 9.73 Å². The van der Waals surface area contributed by atoms with E-state index in [4.69, 9.17) is 4.42 Å². The molecule has 0 spiro atoms. The van der Waals surface area contributed by atoms with E-state index in [0.717, 1.165) is 16.7 Å². The topological polar surface area (TPSA) is 105 Å². The Morgan fingerprint density at radius 1 is 1.19 bits per heavy atom. The van der Waals surface area contributed by atoms with Crippen molar-refractivity contribution in [2.75, 3.05) is 18.4 Å². The Bertz CT molecular complexity index is 1150. The zero-order valence-electron chi connectivity index (χ0n) is 18.0. The van der Waals surface area contributed by atoms with Crippen LogP contribution in [0.5, 0.6) is 0 Å². The van der Waals surface area contributed by atoms with Crippen LogP contribution in [0.4, 0.5) is 5.69 Å². The van der Waals surface area contributed by atoms with Gasteiger partial charge >= 0.3 is 0 Å². The van der Waals surface area contributed by atoms with E-state index in [1.165, 1.54) is 21.7 Å². The normalized spacial score (nSPS) is 11.8. The number of thiophene rings is 1. The van der Waals surface area contributed by atoms with Crippen molar-refractivity contribution in [3.05, 3.63) is 46.0 Å². The van der Waals surface area contributed by atoms with E-state index in [-0.39, 0.29) is 17.2 Å². The molecular formula is C21H26N4O4S2. The summed E-state index contributed by atoms with van der Waals surface area (Å²) in [6, 6.07) is 5.05. The lowest BCUT2D eigenvalue weighted by atomic mass is 10.1. The first-order valence-corrected chi connectivity index (χ1v) is 12.4. The third kappa shape index (κ3) is 5.20. The van der Waals surface area contributed by atoms with Crippen molar-refractivity contribution in [2.45, 2.75) is 45.4 Å². The molecule has 0 aliphatic heterocycles. The summed E-state index contributed by atoms with van der Waals surface area (Å²) in [7, 11) is -3.62. The van der Waals surface area contributed by atoms with Crippen molar-refractivity contribution in [2.24, 2.45) is 0 Å². The van der Waals surface area contributed by atoms with Gasteiger partial charge in [-0.2, -0.15) is 15.6 Å². The fraction of sp³-hybridized carbons (Fsp3) is 0.381. The highest BCUT2D eigenvalue weighted by Gasteiger charge is 2.23. The second-order valence-corrected chi connectivity index (χ2v) is 9.78. The number of nitrogens with zero attached hydrogens (tertiary/aromatic N) is 3. The summed E-state index contributed by atoms with van der Waals surface area (Å²) in [5, 5.41) is 14.7. The van der Waals surface area contributed by atoms with Crippen molar-refractivity contribution in [1.29, 1.82) is 0 Å². The Labute approximate surface area is 186 Å². The molecule has 0 unspecified atom stereocenters. The zero-order valence-corrected chi connectivity index (χ0v) is 19.6. The van der Waals surface area contributed by atoms with Crippen LogP contribution in [0.2, 0.25) is 0 Å². The Kier molecular flexibility index (Phi) is 7.24. The summed E-state index contributed by atoms with van der Waals surface area (Å²) in [6.07, 6.45) is 0.426. The van der Waals surface area contributed by atoms with E-state index in [1.807, 2.05) is 30.7 Å². The molecule has 10 heteroatoms. The van der Waals surface area contributed by atoms with E-state index in [0.29, 0.717) is 37.0 Å². The lowest BCUT2D eigenvalue weighted by molar-refractivity contribution is -0.116. The SMILES string of the molecule is CCN(CC)S(=O)(=O)c1cc(C)c(C)c(NC(=O)CCc2nnc(-c3ccsc3)o2)c1. The molecule has 0 aliphatic rings. The molecule has 0 saturated carbocycles. The van der Waals surface area contributed by atoms with Crippen LogP contribution < -0.4 is 5.32 Å². The third-order valence-corrected chi connectivity index (χ3v) is 7.77. The smallest absolute Gasteiger partial charge is 0.248 e. The van der Waals surface area contributed by atoms with Gasteiger partial charge in [-0.25, -0.2) is 8.42 Å². The van der Waals surface area contributed by atoms with Gasteiger partial charge in [0.1, 0.15) is 0 Å². The van der Waals surface area contributed by atoms with E-state index in [9.17, 15) is 13.2 Å². The Hall–Kier alpha value is -2.56. The molecule has 3 rings (SSSR count). The number of sulfonamides is 1. The van der Waals surface area contributed by atoms with Gasteiger partial charge in [0.15, 0.2) is 0 Å². The van der Waals surface area contributed by atoms with Crippen LogP contribution in [-0.2, 0) is 21.2 Å². The van der Waals surface area contributed by atoms with Gasteiger partial charge in [0.25, 0.3) is 0 Å². The lowest BCUT2D eigenvalue weighted by Crippen LogP contribution is -2.30. The molecule has 0 fully saturated rings. The number of hydrogen-bond donors (Lipinski definition) is 1. The molecule has 8 nitrogen and oxygen atoms in total. The number of nitrogens with one attached hydrogen (secondary N) is 1. The average Bonchev–Trinajstić information content (AvgIpc) is 3.42. The number of aryl methyl sites for hydroxylation is 2. The van der Waals surface area contributed by atoms with E-state index in [1.54, 1.807) is 19.9 Å². The van der Waals surface area contributed by atoms with Crippen LogP contribution in [0.3, 0.4) is 0 Å². The van der Waals surface area contributed by atoms with Gasteiger partial charge in [-0.15, -0.1) is 10.2 Å². The van der Waals surface area contributed by atoms with Gasteiger partial charge in [-0.3, -0.25) is 4.79 Å². The van der Waals surface area contributed by atoms with Crippen LogP contribution in [-0.4, -0.2) is 41.9 Å². The van der Waals surface area contributed by atoms with Gasteiger partial charge in [-0.1, -0.05) is 13.8 Å². The molecule has 0 bridgehead atoms. The van der Waals surface area contributed by atoms with Gasteiger partial charge in [0.2, 0.25) is 27.7 Å². The number of carbonyl (C=O) groups excluding carboxylic acids is 1. The first-order chi connectivity index (χ1) is 14.8. The number of amides is 1. The molecule has 0 atom stereocenters. The molecule has 1 aromatic carbocycles. The molecule has 1 N–H and O–H groups in total. The van der Waals surface area contributed by atoms with Crippen LogP contribution in [0.25, 0.3) is 11.5 Å². The first kappa shape index (κ1) is 23.1. The van der Waals surface area contributed by atoms with E-state index >= 15 is 0 Å². The second kappa shape index (κ2) is 9.71. The minimum absolute atomic E-state index is 0.136. The Balaban J connectivity index is 1.71. The van der Waals surface area contributed by atoms with Crippen molar-refractivity contribution >= 4 is 33.0 Å². The van der Waals surface area contributed by atoms with Crippen molar-refractivity contribution in [1.82, 2.24) is 14.5 Å². The number of aromatic nitrogens is 2. The number of anilines is 1. The fourth-order valence-electron chi connectivity index (χ4n) is 3.11. The van der Waals surface area contributed by atoms with Crippen molar-refractivity contribution in [3.63, 3.8) is 0 Å². The minimum Gasteiger partial charge on any atom is -0.421 e. The van der Waals surface area contributed by atoms with Gasteiger partial charge in [-0.05, 0) is 48.6 Å².